The smallest absolute Gasteiger partial charge is 0.225 e. The average Bonchev–Trinajstić information content (AvgIpc) is 2.79. The Morgan fingerprint density at radius 1 is 1.21 bits per heavy atom. The third kappa shape index (κ3) is 1.41. The second kappa shape index (κ2) is 2.92. The van der Waals surface area contributed by atoms with Crippen LogP contribution in [0, 0.1) is 5.41 Å². The number of rotatable bonds is 1. The van der Waals surface area contributed by atoms with Gasteiger partial charge in [0.25, 0.3) is 0 Å². The van der Waals surface area contributed by atoms with E-state index in [1.807, 2.05) is 12.4 Å². The monoisotopic (exact) mass is 253 g/mol. The van der Waals surface area contributed by atoms with E-state index in [1.165, 1.54) is 19.3 Å². The molecule has 0 aromatic carbocycles. The number of anilines is 1. The quantitative estimate of drug-likeness (QED) is 0.769. The highest BCUT2D eigenvalue weighted by atomic mass is 79.9. The van der Waals surface area contributed by atoms with Crippen molar-refractivity contribution in [2.75, 3.05) is 18.0 Å². The second-order valence-corrected chi connectivity index (χ2v) is 5.29. The lowest BCUT2D eigenvalue weighted by molar-refractivity contribution is 0.580. The van der Waals surface area contributed by atoms with Crippen molar-refractivity contribution in [2.24, 2.45) is 5.41 Å². The van der Waals surface area contributed by atoms with E-state index in [-0.39, 0.29) is 0 Å². The molecule has 4 heteroatoms. The van der Waals surface area contributed by atoms with Crippen molar-refractivity contribution < 1.29 is 0 Å². The third-order valence-electron chi connectivity index (χ3n) is 3.28. The zero-order valence-corrected chi connectivity index (χ0v) is 9.50. The summed E-state index contributed by atoms with van der Waals surface area (Å²) in [6.45, 7) is 2.29. The summed E-state index contributed by atoms with van der Waals surface area (Å²) < 4.78 is 0.946. The van der Waals surface area contributed by atoms with Crippen molar-refractivity contribution in [1.29, 1.82) is 0 Å². The van der Waals surface area contributed by atoms with E-state index in [1.54, 1.807) is 0 Å². The van der Waals surface area contributed by atoms with Crippen molar-refractivity contribution in [3.63, 3.8) is 0 Å². The molecule has 1 saturated carbocycles. The Morgan fingerprint density at radius 3 is 2.50 bits per heavy atom. The molecule has 0 radical (unpaired) electrons. The first-order chi connectivity index (χ1) is 6.77. The molecule has 14 heavy (non-hydrogen) atoms. The van der Waals surface area contributed by atoms with Gasteiger partial charge < -0.3 is 4.90 Å². The Hall–Kier alpha value is -0.640. The molecule has 1 aromatic rings. The molecule has 2 fully saturated rings. The van der Waals surface area contributed by atoms with Crippen LogP contribution < -0.4 is 4.90 Å². The molecular formula is C10H12BrN3. The molecule has 2 heterocycles. The van der Waals surface area contributed by atoms with Gasteiger partial charge in [-0.25, -0.2) is 9.97 Å². The van der Waals surface area contributed by atoms with Gasteiger partial charge in [0.2, 0.25) is 5.95 Å². The standard InChI is InChI=1S/C10H12BrN3/c11-8-5-12-9(13-6-8)14-4-3-10(7-14)1-2-10/h5-6H,1-4,7H2. The molecule has 0 amide bonds. The second-order valence-electron chi connectivity index (χ2n) is 4.37. The molecule has 1 aliphatic heterocycles. The van der Waals surface area contributed by atoms with E-state index in [9.17, 15) is 0 Å². The lowest BCUT2D eigenvalue weighted by atomic mass is 10.1. The van der Waals surface area contributed by atoms with Crippen molar-refractivity contribution >= 4 is 21.9 Å². The van der Waals surface area contributed by atoms with Gasteiger partial charge >= 0.3 is 0 Å². The van der Waals surface area contributed by atoms with Crippen LogP contribution >= 0.6 is 15.9 Å². The lowest BCUT2D eigenvalue weighted by Gasteiger charge is -2.15. The van der Waals surface area contributed by atoms with Gasteiger partial charge in [-0.3, -0.25) is 0 Å². The minimum absolute atomic E-state index is 0.649. The summed E-state index contributed by atoms with van der Waals surface area (Å²) in [7, 11) is 0. The van der Waals surface area contributed by atoms with Crippen molar-refractivity contribution in [1.82, 2.24) is 9.97 Å². The van der Waals surface area contributed by atoms with Gasteiger partial charge in [-0.05, 0) is 40.6 Å². The van der Waals surface area contributed by atoms with Gasteiger partial charge in [-0.1, -0.05) is 0 Å². The number of aromatic nitrogens is 2. The summed E-state index contributed by atoms with van der Waals surface area (Å²) in [4.78, 5) is 10.9. The predicted octanol–water partition coefficient (Wildman–Crippen LogP) is 2.23. The maximum Gasteiger partial charge on any atom is 0.225 e. The van der Waals surface area contributed by atoms with Gasteiger partial charge in [-0.15, -0.1) is 0 Å². The Balaban J connectivity index is 1.79. The van der Waals surface area contributed by atoms with Crippen molar-refractivity contribution in [3.8, 4) is 0 Å². The molecule has 3 rings (SSSR count). The van der Waals surface area contributed by atoms with E-state index in [4.69, 9.17) is 0 Å². The summed E-state index contributed by atoms with van der Waals surface area (Å²) in [5.41, 5.74) is 0.649. The number of hydrogen-bond acceptors (Lipinski definition) is 3. The van der Waals surface area contributed by atoms with E-state index in [2.05, 4.69) is 30.8 Å². The fourth-order valence-electron chi connectivity index (χ4n) is 2.16. The Kier molecular flexibility index (Phi) is 1.81. The Morgan fingerprint density at radius 2 is 1.93 bits per heavy atom. The molecule has 3 nitrogen and oxygen atoms in total. The molecule has 0 N–H and O–H groups in total. The van der Waals surface area contributed by atoms with Crippen LogP contribution in [0.2, 0.25) is 0 Å². The fraction of sp³-hybridized carbons (Fsp3) is 0.600. The maximum atomic E-state index is 4.32. The lowest BCUT2D eigenvalue weighted by Crippen LogP contribution is -2.22. The minimum Gasteiger partial charge on any atom is -0.340 e. The summed E-state index contributed by atoms with van der Waals surface area (Å²) in [6.07, 6.45) is 7.77. The molecule has 1 aromatic heterocycles. The number of hydrogen-bond donors (Lipinski definition) is 0. The summed E-state index contributed by atoms with van der Waals surface area (Å²) in [5.74, 6) is 0.886. The highest BCUT2D eigenvalue weighted by Crippen LogP contribution is 2.52. The molecule has 1 saturated heterocycles. The summed E-state index contributed by atoms with van der Waals surface area (Å²) in [5, 5.41) is 0. The summed E-state index contributed by atoms with van der Waals surface area (Å²) in [6, 6.07) is 0. The first-order valence-electron chi connectivity index (χ1n) is 5.00. The highest BCUT2D eigenvalue weighted by molar-refractivity contribution is 9.10. The molecule has 2 aliphatic rings. The molecular weight excluding hydrogens is 242 g/mol. The van der Waals surface area contributed by atoms with Crippen LogP contribution in [0.25, 0.3) is 0 Å². The Labute approximate surface area is 91.7 Å². The van der Waals surface area contributed by atoms with Gasteiger partial charge in [0.05, 0.1) is 4.47 Å². The fourth-order valence-corrected chi connectivity index (χ4v) is 2.36. The first kappa shape index (κ1) is 8.65. The van der Waals surface area contributed by atoms with E-state index in [0.29, 0.717) is 5.41 Å². The van der Waals surface area contributed by atoms with Crippen LogP contribution in [0.1, 0.15) is 19.3 Å². The molecule has 74 valence electrons. The predicted molar refractivity (Wildman–Crippen MR) is 58.2 cm³/mol. The minimum atomic E-state index is 0.649. The van der Waals surface area contributed by atoms with Crippen LogP contribution in [0.5, 0.6) is 0 Å². The maximum absolute atomic E-state index is 4.32. The van der Waals surface area contributed by atoms with Crippen LogP contribution in [0.4, 0.5) is 5.95 Å². The molecule has 1 aliphatic carbocycles. The summed E-state index contributed by atoms with van der Waals surface area (Å²) >= 11 is 3.35. The van der Waals surface area contributed by atoms with Crippen LogP contribution in [-0.4, -0.2) is 23.1 Å². The number of nitrogens with zero attached hydrogens (tertiary/aromatic N) is 3. The number of halogens is 1. The highest BCUT2D eigenvalue weighted by Gasteiger charge is 2.48. The van der Waals surface area contributed by atoms with Gasteiger partial charge in [0.1, 0.15) is 0 Å². The zero-order valence-electron chi connectivity index (χ0n) is 7.91. The van der Waals surface area contributed by atoms with Gasteiger partial charge in [-0.2, -0.15) is 0 Å². The van der Waals surface area contributed by atoms with E-state index < -0.39 is 0 Å². The molecule has 0 unspecified atom stereocenters. The van der Waals surface area contributed by atoms with E-state index >= 15 is 0 Å². The third-order valence-corrected chi connectivity index (χ3v) is 3.69. The molecule has 0 atom stereocenters. The molecule has 1 spiro atoms. The Bertz CT molecular complexity index is 345. The first-order valence-corrected chi connectivity index (χ1v) is 5.79. The van der Waals surface area contributed by atoms with E-state index in [0.717, 1.165) is 23.5 Å². The molecule has 0 bridgehead atoms. The van der Waals surface area contributed by atoms with Crippen molar-refractivity contribution in [3.05, 3.63) is 16.9 Å². The SMILES string of the molecule is Brc1cnc(N2CCC3(CC3)C2)nc1. The van der Waals surface area contributed by atoms with Gasteiger partial charge in [0.15, 0.2) is 0 Å². The zero-order chi connectivity index (χ0) is 9.60. The average molecular weight is 254 g/mol. The van der Waals surface area contributed by atoms with Gasteiger partial charge in [0, 0.05) is 25.5 Å². The largest absolute Gasteiger partial charge is 0.340 e. The van der Waals surface area contributed by atoms with Crippen LogP contribution in [0.15, 0.2) is 16.9 Å². The van der Waals surface area contributed by atoms with Crippen molar-refractivity contribution in [2.45, 2.75) is 19.3 Å². The topological polar surface area (TPSA) is 29.0 Å². The normalized spacial score (nSPS) is 23.1. The van der Waals surface area contributed by atoms with Crippen LogP contribution in [0.3, 0.4) is 0 Å². The van der Waals surface area contributed by atoms with Crippen LogP contribution in [-0.2, 0) is 0 Å².